The van der Waals surface area contributed by atoms with Crippen LogP contribution in [0.2, 0.25) is 0 Å². The number of benzene rings is 2. The number of rotatable bonds is 6. The molecule has 1 aliphatic rings. The molecule has 7 nitrogen and oxygen atoms in total. The molecule has 0 aliphatic carbocycles. The molecule has 1 aromatic heterocycles. The Bertz CT molecular complexity index is 1010. The fourth-order valence-electron chi connectivity index (χ4n) is 3.39. The van der Waals surface area contributed by atoms with Gasteiger partial charge in [0.05, 0.1) is 11.3 Å². The molecule has 0 atom stereocenters. The van der Waals surface area contributed by atoms with Gasteiger partial charge in [-0.2, -0.15) is 8.78 Å². The van der Waals surface area contributed by atoms with E-state index in [0.29, 0.717) is 49.1 Å². The SMILES string of the molecule is O=C(c1ccccc1Nc1ccc(OC(F)F)cc1)N1CCN(c2ncccn2)CC1. The summed E-state index contributed by atoms with van der Waals surface area (Å²) in [6.45, 7) is -0.449. The van der Waals surface area contributed by atoms with Crippen molar-refractivity contribution < 1.29 is 18.3 Å². The number of carbonyl (C=O) groups excluding carboxylic acids is 1. The number of ether oxygens (including phenoxy) is 1. The number of aromatic nitrogens is 2. The number of hydrogen-bond donors (Lipinski definition) is 1. The van der Waals surface area contributed by atoms with Gasteiger partial charge in [-0.15, -0.1) is 0 Å². The number of halogens is 2. The summed E-state index contributed by atoms with van der Waals surface area (Å²) in [5.74, 6) is 0.662. The van der Waals surface area contributed by atoms with Gasteiger partial charge in [-0.3, -0.25) is 4.79 Å². The molecule has 1 fully saturated rings. The number of anilines is 3. The van der Waals surface area contributed by atoms with Gasteiger partial charge in [-0.25, -0.2) is 9.97 Å². The molecule has 2 heterocycles. The summed E-state index contributed by atoms with van der Waals surface area (Å²) in [6.07, 6.45) is 3.40. The van der Waals surface area contributed by atoms with Gasteiger partial charge >= 0.3 is 6.61 Å². The topological polar surface area (TPSA) is 70.6 Å². The largest absolute Gasteiger partial charge is 0.435 e. The van der Waals surface area contributed by atoms with Crippen LogP contribution in [0.25, 0.3) is 0 Å². The second-order valence-electron chi connectivity index (χ2n) is 6.90. The lowest BCUT2D eigenvalue weighted by atomic mass is 10.1. The van der Waals surface area contributed by atoms with Crippen LogP contribution in [0.5, 0.6) is 5.75 Å². The van der Waals surface area contributed by atoms with Gasteiger partial charge < -0.3 is 19.9 Å². The van der Waals surface area contributed by atoms with Crippen LogP contribution in [-0.2, 0) is 0 Å². The van der Waals surface area contributed by atoms with Crippen molar-refractivity contribution in [3.8, 4) is 5.75 Å². The van der Waals surface area contributed by atoms with Crippen LogP contribution in [0, 0.1) is 0 Å². The van der Waals surface area contributed by atoms with Crippen LogP contribution >= 0.6 is 0 Å². The number of carbonyl (C=O) groups is 1. The Kier molecular flexibility index (Phi) is 6.21. The van der Waals surface area contributed by atoms with Crippen molar-refractivity contribution in [3.63, 3.8) is 0 Å². The van der Waals surface area contributed by atoms with Crippen molar-refractivity contribution in [1.82, 2.24) is 14.9 Å². The maximum atomic E-state index is 13.2. The molecule has 1 amide bonds. The summed E-state index contributed by atoms with van der Waals surface area (Å²) < 4.78 is 29.0. The molecule has 1 saturated heterocycles. The molecule has 0 spiro atoms. The summed E-state index contributed by atoms with van der Waals surface area (Å²) in [5, 5.41) is 3.19. The molecule has 9 heteroatoms. The van der Waals surface area contributed by atoms with E-state index >= 15 is 0 Å². The molecule has 2 aromatic carbocycles. The first-order valence-electron chi connectivity index (χ1n) is 9.82. The van der Waals surface area contributed by atoms with Crippen LogP contribution in [0.1, 0.15) is 10.4 Å². The van der Waals surface area contributed by atoms with E-state index in [1.165, 1.54) is 12.1 Å². The summed E-state index contributed by atoms with van der Waals surface area (Å²) in [6, 6.07) is 15.1. The van der Waals surface area contributed by atoms with Gasteiger partial charge in [0.2, 0.25) is 5.95 Å². The minimum Gasteiger partial charge on any atom is -0.435 e. The fraction of sp³-hybridized carbons (Fsp3) is 0.227. The first kappa shape index (κ1) is 20.5. The van der Waals surface area contributed by atoms with Gasteiger partial charge in [-0.1, -0.05) is 12.1 Å². The molecule has 4 rings (SSSR count). The second-order valence-corrected chi connectivity index (χ2v) is 6.90. The Hall–Kier alpha value is -3.75. The number of nitrogens with zero attached hydrogens (tertiary/aromatic N) is 4. The Balaban J connectivity index is 1.43. The molecule has 0 unspecified atom stereocenters. The summed E-state index contributed by atoms with van der Waals surface area (Å²) in [5.41, 5.74) is 1.84. The Morgan fingerprint density at radius 3 is 2.29 bits per heavy atom. The molecular weight excluding hydrogens is 404 g/mol. The average molecular weight is 425 g/mol. The number of para-hydroxylation sites is 1. The quantitative estimate of drug-likeness (QED) is 0.648. The highest BCUT2D eigenvalue weighted by Gasteiger charge is 2.24. The van der Waals surface area contributed by atoms with Gasteiger partial charge in [0.25, 0.3) is 5.91 Å². The molecule has 1 aliphatic heterocycles. The van der Waals surface area contributed by atoms with E-state index in [-0.39, 0.29) is 11.7 Å². The molecule has 160 valence electrons. The average Bonchev–Trinajstić information content (AvgIpc) is 2.81. The monoisotopic (exact) mass is 425 g/mol. The Morgan fingerprint density at radius 2 is 1.61 bits per heavy atom. The van der Waals surface area contributed by atoms with Crippen LogP contribution in [-0.4, -0.2) is 53.6 Å². The number of alkyl halides is 2. The predicted molar refractivity (Wildman–Crippen MR) is 113 cm³/mol. The lowest BCUT2D eigenvalue weighted by molar-refractivity contribution is -0.0498. The summed E-state index contributed by atoms with van der Waals surface area (Å²) >= 11 is 0. The standard InChI is InChI=1S/C22H21F2N5O2/c23-21(24)31-17-8-6-16(7-9-17)27-19-5-2-1-4-18(19)20(30)28-12-14-29(15-13-28)22-25-10-3-11-26-22/h1-11,21,27H,12-15H2. The normalized spacial score (nSPS) is 13.9. The van der Waals surface area contributed by atoms with Gasteiger partial charge in [0.15, 0.2) is 0 Å². The maximum Gasteiger partial charge on any atom is 0.387 e. The zero-order valence-electron chi connectivity index (χ0n) is 16.6. The minimum atomic E-state index is -2.87. The van der Waals surface area contributed by atoms with Crippen molar-refractivity contribution in [2.24, 2.45) is 0 Å². The van der Waals surface area contributed by atoms with Crippen LogP contribution in [0.15, 0.2) is 67.0 Å². The molecule has 3 aromatic rings. The third-order valence-corrected chi connectivity index (χ3v) is 4.92. The zero-order valence-corrected chi connectivity index (χ0v) is 16.6. The van der Waals surface area contributed by atoms with Gasteiger partial charge in [0, 0.05) is 44.3 Å². The number of hydrogen-bond acceptors (Lipinski definition) is 6. The highest BCUT2D eigenvalue weighted by Crippen LogP contribution is 2.25. The molecule has 31 heavy (non-hydrogen) atoms. The van der Waals surface area contributed by atoms with E-state index in [1.807, 2.05) is 18.2 Å². The molecule has 1 N–H and O–H groups in total. The van der Waals surface area contributed by atoms with Gasteiger partial charge in [0.1, 0.15) is 5.75 Å². The van der Waals surface area contributed by atoms with Crippen LogP contribution < -0.4 is 15.0 Å². The van der Waals surface area contributed by atoms with E-state index in [9.17, 15) is 13.6 Å². The zero-order chi connectivity index (χ0) is 21.6. The van der Waals surface area contributed by atoms with Crippen molar-refractivity contribution in [1.29, 1.82) is 0 Å². The molecular formula is C22H21F2N5O2. The highest BCUT2D eigenvalue weighted by atomic mass is 19.3. The smallest absolute Gasteiger partial charge is 0.387 e. The van der Waals surface area contributed by atoms with E-state index in [2.05, 4.69) is 24.9 Å². The van der Waals surface area contributed by atoms with E-state index in [1.54, 1.807) is 41.6 Å². The predicted octanol–water partition coefficient (Wildman–Crippen LogP) is 3.78. The van der Waals surface area contributed by atoms with Gasteiger partial charge in [-0.05, 0) is 42.5 Å². The third kappa shape index (κ3) is 5.06. The molecule has 0 saturated carbocycles. The van der Waals surface area contributed by atoms with Crippen LogP contribution in [0.3, 0.4) is 0 Å². The number of nitrogens with one attached hydrogen (secondary N) is 1. The lowest BCUT2D eigenvalue weighted by Gasteiger charge is -2.35. The third-order valence-electron chi connectivity index (χ3n) is 4.92. The van der Waals surface area contributed by atoms with E-state index < -0.39 is 6.61 Å². The Labute approximate surface area is 178 Å². The van der Waals surface area contributed by atoms with Crippen molar-refractivity contribution >= 4 is 23.2 Å². The minimum absolute atomic E-state index is 0.0742. The highest BCUT2D eigenvalue weighted by molar-refractivity contribution is 6.00. The summed E-state index contributed by atoms with van der Waals surface area (Å²) in [4.78, 5) is 25.5. The number of piperazine rings is 1. The van der Waals surface area contributed by atoms with E-state index in [0.717, 1.165) is 0 Å². The van der Waals surface area contributed by atoms with Crippen molar-refractivity contribution in [2.75, 3.05) is 36.4 Å². The molecule has 0 bridgehead atoms. The van der Waals surface area contributed by atoms with Crippen LogP contribution in [0.4, 0.5) is 26.1 Å². The van der Waals surface area contributed by atoms with Crippen molar-refractivity contribution in [2.45, 2.75) is 6.61 Å². The second kappa shape index (κ2) is 9.38. The fourth-order valence-corrected chi connectivity index (χ4v) is 3.39. The Morgan fingerprint density at radius 1 is 0.935 bits per heavy atom. The lowest BCUT2D eigenvalue weighted by Crippen LogP contribution is -2.49. The van der Waals surface area contributed by atoms with Crippen molar-refractivity contribution in [3.05, 3.63) is 72.6 Å². The first-order valence-corrected chi connectivity index (χ1v) is 9.82. The first-order chi connectivity index (χ1) is 15.1. The maximum absolute atomic E-state index is 13.2. The number of amides is 1. The summed E-state index contributed by atoms with van der Waals surface area (Å²) in [7, 11) is 0. The van der Waals surface area contributed by atoms with E-state index in [4.69, 9.17) is 0 Å². The molecule has 0 radical (unpaired) electrons.